The zero-order chi connectivity index (χ0) is 6.20. The van der Waals surface area contributed by atoms with Gasteiger partial charge in [-0.2, -0.15) is 12.6 Å². The summed E-state index contributed by atoms with van der Waals surface area (Å²) < 4.78 is 4.85. The summed E-state index contributed by atoms with van der Waals surface area (Å²) in [5.41, 5.74) is 10.5. The third kappa shape index (κ3) is 0.974. The second kappa shape index (κ2) is 1.88. The minimum atomic E-state index is -0.540. The van der Waals surface area contributed by atoms with Crippen molar-refractivity contribution in [2.75, 3.05) is 12.4 Å². The average molecular weight is 134 g/mol. The summed E-state index contributed by atoms with van der Waals surface area (Å²) in [6.07, 6.45) is 0. The zero-order valence-electron chi connectivity index (χ0n) is 4.50. The number of thiol groups is 1. The Morgan fingerprint density at radius 1 is 1.88 bits per heavy atom. The molecule has 0 aromatic rings. The third-order valence-electron chi connectivity index (χ3n) is 1.30. The maximum Gasteiger partial charge on any atom is 0.156 e. The van der Waals surface area contributed by atoms with Crippen LogP contribution < -0.4 is 11.5 Å². The molecule has 1 aliphatic rings. The molecule has 0 bridgehead atoms. The van der Waals surface area contributed by atoms with Crippen molar-refractivity contribution in [3.63, 3.8) is 0 Å². The van der Waals surface area contributed by atoms with Crippen LogP contribution in [0.5, 0.6) is 0 Å². The van der Waals surface area contributed by atoms with Gasteiger partial charge in [0, 0.05) is 5.75 Å². The second-order valence-corrected chi connectivity index (χ2v) is 2.40. The van der Waals surface area contributed by atoms with Crippen molar-refractivity contribution in [3.05, 3.63) is 0 Å². The van der Waals surface area contributed by atoms with Gasteiger partial charge in [0.1, 0.15) is 0 Å². The van der Waals surface area contributed by atoms with Crippen LogP contribution in [0.4, 0.5) is 0 Å². The predicted molar refractivity (Wildman–Crippen MR) is 34.7 cm³/mol. The van der Waals surface area contributed by atoms with Gasteiger partial charge in [0.25, 0.3) is 0 Å². The van der Waals surface area contributed by atoms with Gasteiger partial charge in [-0.1, -0.05) is 0 Å². The van der Waals surface area contributed by atoms with Crippen molar-refractivity contribution < 1.29 is 4.74 Å². The summed E-state index contributed by atoms with van der Waals surface area (Å²) in [6, 6.07) is -0.120. The smallest absolute Gasteiger partial charge is 0.156 e. The van der Waals surface area contributed by atoms with Crippen LogP contribution in [0.3, 0.4) is 0 Å². The molecule has 48 valence electrons. The van der Waals surface area contributed by atoms with Crippen LogP contribution in [-0.4, -0.2) is 24.1 Å². The van der Waals surface area contributed by atoms with Gasteiger partial charge in [0.15, 0.2) is 5.72 Å². The highest BCUT2D eigenvalue weighted by molar-refractivity contribution is 7.80. The molecule has 0 spiro atoms. The molecule has 4 N–H and O–H groups in total. The molecule has 1 aliphatic heterocycles. The molecule has 0 amide bonds. The minimum Gasteiger partial charge on any atom is -0.352 e. The van der Waals surface area contributed by atoms with Crippen molar-refractivity contribution in [1.29, 1.82) is 0 Å². The van der Waals surface area contributed by atoms with Crippen LogP contribution in [0, 0.1) is 0 Å². The van der Waals surface area contributed by atoms with Crippen molar-refractivity contribution in [2.45, 2.75) is 11.8 Å². The lowest BCUT2D eigenvalue weighted by atomic mass is 10.2. The highest BCUT2D eigenvalue weighted by Gasteiger charge is 2.45. The maximum atomic E-state index is 5.50. The Balaban J connectivity index is 2.34. The summed E-state index contributed by atoms with van der Waals surface area (Å²) in [6.45, 7) is 0.578. The molecule has 1 rings (SSSR count). The molecule has 0 aliphatic carbocycles. The van der Waals surface area contributed by atoms with E-state index in [0.29, 0.717) is 12.4 Å². The molecule has 1 unspecified atom stereocenters. The van der Waals surface area contributed by atoms with Crippen molar-refractivity contribution in [2.24, 2.45) is 11.5 Å². The summed E-state index contributed by atoms with van der Waals surface area (Å²) in [5, 5.41) is 0. The molecule has 4 heteroatoms. The molecule has 1 saturated heterocycles. The van der Waals surface area contributed by atoms with E-state index >= 15 is 0 Å². The highest BCUT2D eigenvalue weighted by Crippen LogP contribution is 2.22. The lowest BCUT2D eigenvalue weighted by Crippen LogP contribution is -2.46. The fourth-order valence-corrected chi connectivity index (χ4v) is 0.761. The number of nitrogens with two attached hydrogens (primary N) is 2. The fraction of sp³-hybridized carbons (Fsp3) is 1.00. The van der Waals surface area contributed by atoms with Crippen LogP contribution >= 0.6 is 12.6 Å². The normalized spacial score (nSPS) is 39.4. The van der Waals surface area contributed by atoms with Gasteiger partial charge in [0.05, 0.1) is 12.6 Å². The molecule has 0 saturated carbocycles. The highest BCUT2D eigenvalue weighted by atomic mass is 32.1. The summed E-state index contributed by atoms with van der Waals surface area (Å²) in [4.78, 5) is 0. The SMILES string of the molecule is N[C@H](CS)C1(N)CO1. The lowest BCUT2D eigenvalue weighted by Gasteiger charge is -2.10. The number of epoxide rings is 1. The molecule has 0 aromatic heterocycles. The summed E-state index contributed by atoms with van der Waals surface area (Å²) in [7, 11) is 0. The first-order valence-corrected chi connectivity index (χ1v) is 3.11. The lowest BCUT2D eigenvalue weighted by molar-refractivity contribution is 0.280. The quantitative estimate of drug-likeness (QED) is 0.333. The predicted octanol–water partition coefficient (Wildman–Crippen LogP) is -1.07. The molecule has 0 aromatic carbocycles. The first kappa shape index (κ1) is 6.35. The number of hydrogen-bond acceptors (Lipinski definition) is 4. The van der Waals surface area contributed by atoms with Crippen LogP contribution in [-0.2, 0) is 4.74 Å². The Labute approximate surface area is 53.8 Å². The van der Waals surface area contributed by atoms with E-state index in [9.17, 15) is 0 Å². The Morgan fingerprint density at radius 2 is 2.38 bits per heavy atom. The minimum absolute atomic E-state index is 0.120. The van der Waals surface area contributed by atoms with E-state index in [1.807, 2.05) is 0 Å². The van der Waals surface area contributed by atoms with E-state index < -0.39 is 5.72 Å². The fourth-order valence-electron chi connectivity index (χ4n) is 0.452. The summed E-state index contributed by atoms with van der Waals surface area (Å²) in [5.74, 6) is 0.580. The molecular weight excluding hydrogens is 124 g/mol. The monoisotopic (exact) mass is 134 g/mol. The Morgan fingerprint density at radius 3 is 2.50 bits per heavy atom. The van der Waals surface area contributed by atoms with Gasteiger partial charge >= 0.3 is 0 Å². The number of hydrogen-bond donors (Lipinski definition) is 3. The molecule has 0 radical (unpaired) electrons. The summed E-state index contributed by atoms with van der Waals surface area (Å²) >= 11 is 3.96. The van der Waals surface area contributed by atoms with Gasteiger partial charge in [-0.05, 0) is 0 Å². The number of rotatable bonds is 2. The maximum absolute atomic E-state index is 5.50. The van der Waals surface area contributed by atoms with Crippen molar-refractivity contribution in [3.8, 4) is 0 Å². The molecular formula is C4H10N2OS. The Bertz CT molecular complexity index is 94.0. The van der Waals surface area contributed by atoms with Gasteiger partial charge in [-0.25, -0.2) is 0 Å². The molecule has 2 atom stereocenters. The third-order valence-corrected chi connectivity index (χ3v) is 1.70. The molecule has 3 nitrogen and oxygen atoms in total. The standard InChI is InChI=1S/C4H10N2OS/c5-3(1-8)4(6)2-7-4/h3,8H,1-2,5-6H2/t3-,4?/m1/s1. The van der Waals surface area contributed by atoms with Crippen LogP contribution in [0.1, 0.15) is 0 Å². The Kier molecular flexibility index (Phi) is 1.49. The van der Waals surface area contributed by atoms with Crippen LogP contribution in [0.25, 0.3) is 0 Å². The van der Waals surface area contributed by atoms with E-state index in [1.165, 1.54) is 0 Å². The van der Waals surface area contributed by atoms with E-state index in [1.54, 1.807) is 0 Å². The second-order valence-electron chi connectivity index (χ2n) is 2.03. The zero-order valence-corrected chi connectivity index (χ0v) is 5.40. The topological polar surface area (TPSA) is 64.6 Å². The van der Waals surface area contributed by atoms with Crippen LogP contribution in [0.2, 0.25) is 0 Å². The van der Waals surface area contributed by atoms with Crippen molar-refractivity contribution >= 4 is 12.6 Å². The number of ether oxygens (including phenoxy) is 1. The van der Waals surface area contributed by atoms with Gasteiger partial charge < -0.3 is 16.2 Å². The molecule has 1 fully saturated rings. The largest absolute Gasteiger partial charge is 0.352 e. The van der Waals surface area contributed by atoms with Crippen LogP contribution in [0.15, 0.2) is 0 Å². The average Bonchev–Trinajstić information content (AvgIpc) is 2.47. The van der Waals surface area contributed by atoms with Gasteiger partial charge in [-0.3, -0.25) is 0 Å². The van der Waals surface area contributed by atoms with Gasteiger partial charge in [0.2, 0.25) is 0 Å². The molecule has 1 heterocycles. The molecule has 8 heavy (non-hydrogen) atoms. The van der Waals surface area contributed by atoms with E-state index in [4.69, 9.17) is 16.2 Å². The van der Waals surface area contributed by atoms with E-state index in [-0.39, 0.29) is 6.04 Å². The van der Waals surface area contributed by atoms with Crippen molar-refractivity contribution in [1.82, 2.24) is 0 Å². The van der Waals surface area contributed by atoms with E-state index in [0.717, 1.165) is 0 Å². The van der Waals surface area contributed by atoms with Gasteiger partial charge in [-0.15, -0.1) is 0 Å². The Hall–Kier alpha value is 0.230. The first-order chi connectivity index (χ1) is 3.69. The van der Waals surface area contributed by atoms with E-state index in [2.05, 4.69) is 12.6 Å². The first-order valence-electron chi connectivity index (χ1n) is 2.48.